The molecule has 1 aromatic rings. The van der Waals surface area contributed by atoms with Crippen molar-refractivity contribution in [3.63, 3.8) is 0 Å². The maximum absolute atomic E-state index is 12.5. The van der Waals surface area contributed by atoms with Gasteiger partial charge in [-0.3, -0.25) is 0 Å². The van der Waals surface area contributed by atoms with Crippen LogP contribution in [-0.2, 0) is 16.6 Å². The van der Waals surface area contributed by atoms with E-state index in [1.165, 1.54) is 0 Å². The maximum Gasteiger partial charge on any atom is 0.241 e. The fourth-order valence-corrected chi connectivity index (χ4v) is 5.03. The Kier molecular flexibility index (Phi) is 5.12. The molecule has 2 unspecified atom stereocenters. The van der Waals surface area contributed by atoms with Crippen LogP contribution < -0.4 is 4.72 Å². The smallest absolute Gasteiger partial charge is 0.241 e. The van der Waals surface area contributed by atoms with Crippen LogP contribution in [0.5, 0.6) is 0 Å². The van der Waals surface area contributed by atoms with Gasteiger partial charge in [-0.2, -0.15) is 11.8 Å². The molecule has 6 heteroatoms. The Morgan fingerprint density at radius 2 is 2.15 bits per heavy atom. The highest BCUT2D eigenvalue weighted by atomic mass is 32.2. The summed E-state index contributed by atoms with van der Waals surface area (Å²) in [6, 6.07) is 5.03. The zero-order chi connectivity index (χ0) is 14.8. The number of aliphatic hydroxyl groups excluding tert-OH is 1. The lowest BCUT2D eigenvalue weighted by Gasteiger charge is -2.16. The molecule has 0 saturated heterocycles. The quantitative estimate of drug-likeness (QED) is 0.873. The van der Waals surface area contributed by atoms with Crippen molar-refractivity contribution in [3.8, 4) is 0 Å². The van der Waals surface area contributed by atoms with E-state index in [-0.39, 0.29) is 17.5 Å². The minimum Gasteiger partial charge on any atom is -0.392 e. The van der Waals surface area contributed by atoms with E-state index in [1.54, 1.807) is 36.9 Å². The predicted octanol–water partition coefficient (Wildman–Crippen LogP) is 2.05. The predicted molar refractivity (Wildman–Crippen MR) is 82.4 cm³/mol. The number of nitrogens with one attached hydrogen (secondary N) is 1. The highest BCUT2D eigenvalue weighted by molar-refractivity contribution is 7.99. The molecular weight excluding hydrogens is 294 g/mol. The SMILES string of the molecule is CSC1CCC(NS(=O)(=O)c2cccc(CO)c2C)C1. The fraction of sp³-hybridized carbons (Fsp3) is 0.571. The average molecular weight is 315 g/mol. The van der Waals surface area contributed by atoms with Gasteiger partial charge >= 0.3 is 0 Å². The van der Waals surface area contributed by atoms with Gasteiger partial charge in [0.25, 0.3) is 0 Å². The molecule has 1 fully saturated rings. The molecule has 1 aromatic carbocycles. The molecule has 0 aliphatic heterocycles. The number of hydrogen-bond donors (Lipinski definition) is 2. The van der Waals surface area contributed by atoms with Crippen LogP contribution in [0.1, 0.15) is 30.4 Å². The van der Waals surface area contributed by atoms with Crippen molar-refractivity contribution in [2.45, 2.75) is 49.0 Å². The molecule has 1 aliphatic rings. The van der Waals surface area contributed by atoms with Crippen molar-refractivity contribution in [1.82, 2.24) is 4.72 Å². The number of hydrogen-bond acceptors (Lipinski definition) is 4. The van der Waals surface area contributed by atoms with Crippen LogP contribution >= 0.6 is 11.8 Å². The summed E-state index contributed by atoms with van der Waals surface area (Å²) in [6.45, 7) is 1.59. The van der Waals surface area contributed by atoms with Gasteiger partial charge in [0.15, 0.2) is 0 Å². The lowest BCUT2D eigenvalue weighted by Crippen LogP contribution is -2.33. The van der Waals surface area contributed by atoms with Gasteiger partial charge < -0.3 is 5.11 Å². The van der Waals surface area contributed by atoms with E-state index in [4.69, 9.17) is 0 Å². The van der Waals surface area contributed by atoms with Crippen LogP contribution in [-0.4, -0.2) is 31.1 Å². The van der Waals surface area contributed by atoms with Crippen LogP contribution in [0.25, 0.3) is 0 Å². The Morgan fingerprint density at radius 3 is 2.75 bits per heavy atom. The third-order valence-corrected chi connectivity index (χ3v) is 6.66. The fourth-order valence-electron chi connectivity index (χ4n) is 2.67. The number of aliphatic hydroxyl groups is 1. The summed E-state index contributed by atoms with van der Waals surface area (Å²) < 4.78 is 27.8. The van der Waals surface area contributed by atoms with Gasteiger partial charge in [-0.05, 0) is 49.6 Å². The van der Waals surface area contributed by atoms with Crippen molar-refractivity contribution in [2.24, 2.45) is 0 Å². The van der Waals surface area contributed by atoms with Crippen molar-refractivity contribution in [1.29, 1.82) is 0 Å². The lowest BCUT2D eigenvalue weighted by molar-refractivity contribution is 0.280. The van der Waals surface area contributed by atoms with E-state index < -0.39 is 10.0 Å². The second kappa shape index (κ2) is 6.47. The topological polar surface area (TPSA) is 66.4 Å². The second-order valence-corrected chi connectivity index (χ2v) is 8.01. The van der Waals surface area contributed by atoms with Crippen LogP contribution in [0.2, 0.25) is 0 Å². The summed E-state index contributed by atoms with van der Waals surface area (Å²) >= 11 is 1.80. The molecule has 0 bridgehead atoms. The van der Waals surface area contributed by atoms with Gasteiger partial charge in [0.2, 0.25) is 10.0 Å². The van der Waals surface area contributed by atoms with E-state index in [0.717, 1.165) is 19.3 Å². The third-order valence-electron chi connectivity index (χ3n) is 3.90. The number of thioether (sulfide) groups is 1. The normalized spacial score (nSPS) is 23.1. The first-order chi connectivity index (χ1) is 9.47. The number of rotatable bonds is 5. The standard InChI is InChI=1S/C14H21NO3S2/c1-10-11(9-16)4-3-5-14(10)20(17,18)15-12-6-7-13(8-12)19-2/h3-5,12-13,15-16H,6-9H2,1-2H3. The molecular formula is C14H21NO3S2. The molecule has 0 radical (unpaired) electrons. The molecule has 1 saturated carbocycles. The highest BCUT2D eigenvalue weighted by Gasteiger charge is 2.29. The van der Waals surface area contributed by atoms with Gasteiger partial charge in [0.1, 0.15) is 0 Å². The Bertz CT molecular complexity index is 572. The van der Waals surface area contributed by atoms with E-state index in [0.29, 0.717) is 16.4 Å². The largest absolute Gasteiger partial charge is 0.392 e. The number of benzene rings is 1. The Labute approximate surface area is 125 Å². The molecule has 2 rings (SSSR count). The summed E-state index contributed by atoms with van der Waals surface area (Å²) in [6.07, 6.45) is 4.91. The van der Waals surface area contributed by atoms with Gasteiger partial charge in [-0.15, -0.1) is 0 Å². The zero-order valence-corrected chi connectivity index (χ0v) is 13.4. The minimum atomic E-state index is -3.51. The first-order valence-electron chi connectivity index (χ1n) is 6.72. The van der Waals surface area contributed by atoms with Crippen LogP contribution in [0.3, 0.4) is 0 Å². The molecule has 1 aliphatic carbocycles. The third kappa shape index (κ3) is 3.36. The van der Waals surface area contributed by atoms with E-state index in [2.05, 4.69) is 11.0 Å². The Morgan fingerprint density at radius 1 is 1.40 bits per heavy atom. The number of sulfonamides is 1. The van der Waals surface area contributed by atoms with Crippen molar-refractivity contribution in [2.75, 3.05) is 6.26 Å². The lowest BCUT2D eigenvalue weighted by atomic mass is 10.1. The van der Waals surface area contributed by atoms with E-state index in [1.807, 2.05) is 0 Å². The summed E-state index contributed by atoms with van der Waals surface area (Å²) in [5, 5.41) is 9.79. The molecule has 2 atom stereocenters. The molecule has 112 valence electrons. The second-order valence-electron chi connectivity index (χ2n) is 5.19. The monoisotopic (exact) mass is 315 g/mol. The maximum atomic E-state index is 12.5. The molecule has 0 amide bonds. The average Bonchev–Trinajstić information content (AvgIpc) is 2.85. The van der Waals surface area contributed by atoms with Gasteiger partial charge in [0, 0.05) is 11.3 Å². The molecule has 20 heavy (non-hydrogen) atoms. The van der Waals surface area contributed by atoms with Gasteiger partial charge in [-0.1, -0.05) is 12.1 Å². The van der Waals surface area contributed by atoms with Crippen molar-refractivity contribution in [3.05, 3.63) is 29.3 Å². The Balaban J connectivity index is 2.19. The van der Waals surface area contributed by atoms with Gasteiger partial charge in [-0.25, -0.2) is 13.1 Å². The molecule has 2 N–H and O–H groups in total. The summed E-state index contributed by atoms with van der Waals surface area (Å²) in [5.41, 5.74) is 1.28. The van der Waals surface area contributed by atoms with Gasteiger partial charge in [0.05, 0.1) is 11.5 Å². The molecule has 4 nitrogen and oxygen atoms in total. The summed E-state index contributed by atoms with van der Waals surface area (Å²) in [4.78, 5) is 0.275. The minimum absolute atomic E-state index is 0.0228. The van der Waals surface area contributed by atoms with Crippen molar-refractivity contribution >= 4 is 21.8 Å². The molecule has 0 spiro atoms. The van der Waals surface area contributed by atoms with Crippen molar-refractivity contribution < 1.29 is 13.5 Å². The van der Waals surface area contributed by atoms with E-state index in [9.17, 15) is 13.5 Å². The van der Waals surface area contributed by atoms with Crippen LogP contribution in [0.4, 0.5) is 0 Å². The summed E-state index contributed by atoms with van der Waals surface area (Å²) in [5.74, 6) is 0. The first-order valence-corrected chi connectivity index (χ1v) is 9.49. The molecule has 0 aromatic heterocycles. The Hall–Kier alpha value is -0.560. The van der Waals surface area contributed by atoms with E-state index >= 15 is 0 Å². The first kappa shape index (κ1) is 15.8. The zero-order valence-electron chi connectivity index (χ0n) is 11.8. The highest BCUT2D eigenvalue weighted by Crippen LogP contribution is 2.29. The van der Waals surface area contributed by atoms with Crippen LogP contribution in [0.15, 0.2) is 23.1 Å². The van der Waals surface area contributed by atoms with Crippen LogP contribution in [0, 0.1) is 6.92 Å². The molecule has 0 heterocycles. The summed E-state index contributed by atoms with van der Waals surface area (Å²) in [7, 11) is -3.51.